The Kier molecular flexibility index (Phi) is 1.98. The zero-order valence-corrected chi connectivity index (χ0v) is 5.98. The van der Waals surface area contributed by atoms with Gasteiger partial charge in [-0.15, -0.1) is 0 Å². The van der Waals surface area contributed by atoms with E-state index in [0.717, 1.165) is 12.5 Å². The van der Waals surface area contributed by atoms with Gasteiger partial charge in [0.1, 0.15) is 6.71 Å². The van der Waals surface area contributed by atoms with Crippen LogP contribution in [0.25, 0.3) is 0 Å². The molecular weight excluding hydrogens is 94.9 g/mol. The second-order valence-corrected chi connectivity index (χ2v) is 3.08. The lowest BCUT2D eigenvalue weighted by Gasteiger charge is -2.05. The van der Waals surface area contributed by atoms with E-state index in [1.165, 1.54) is 25.5 Å². The third-order valence-electron chi connectivity index (χ3n) is 2.56. The van der Waals surface area contributed by atoms with E-state index in [1.807, 2.05) is 0 Å². The van der Waals surface area contributed by atoms with Crippen molar-refractivity contribution in [2.45, 2.75) is 45.1 Å². The molecule has 0 radical (unpaired) electrons. The summed E-state index contributed by atoms with van der Waals surface area (Å²) in [7, 11) is 0. The van der Waals surface area contributed by atoms with Gasteiger partial charge in [0.2, 0.25) is 0 Å². The smallest absolute Gasteiger partial charge is 0.0768 e. The van der Waals surface area contributed by atoms with E-state index in [-0.39, 0.29) is 0 Å². The highest BCUT2D eigenvalue weighted by Crippen LogP contribution is 2.31. The molecule has 0 nitrogen and oxygen atoms in total. The van der Waals surface area contributed by atoms with E-state index in [2.05, 4.69) is 13.8 Å². The third kappa shape index (κ3) is 1.07. The zero-order valence-electron chi connectivity index (χ0n) is 5.98. The first-order valence-electron chi connectivity index (χ1n) is 3.84. The van der Waals surface area contributed by atoms with Crippen molar-refractivity contribution < 1.29 is 0 Å². The first kappa shape index (κ1) is 6.19. The van der Waals surface area contributed by atoms with Gasteiger partial charge in [-0.25, -0.2) is 0 Å². The summed E-state index contributed by atoms with van der Waals surface area (Å²) in [6, 6.07) is 0. The maximum Gasteiger partial charge on any atom is 0.142 e. The van der Waals surface area contributed by atoms with E-state index < -0.39 is 0 Å². The molecule has 0 aromatic heterocycles. The van der Waals surface area contributed by atoms with E-state index in [1.54, 1.807) is 0 Å². The Hall–Kier alpha value is 0.0649. The van der Waals surface area contributed by atoms with Crippen LogP contribution in [0.15, 0.2) is 0 Å². The minimum atomic E-state index is 1.03. The maximum absolute atomic E-state index is 2.39. The Morgan fingerprint density at radius 2 is 2.38 bits per heavy atom. The Morgan fingerprint density at radius 3 is 2.62 bits per heavy atom. The van der Waals surface area contributed by atoms with Gasteiger partial charge in [-0.2, -0.15) is 0 Å². The normalized spacial score (nSPS) is 29.2. The first-order valence-corrected chi connectivity index (χ1v) is 3.84. The molecule has 0 amide bonds. The molecule has 0 saturated carbocycles. The molecule has 1 unspecified atom stereocenters. The average molecular weight is 110 g/mol. The van der Waals surface area contributed by atoms with Gasteiger partial charge in [0.05, 0.1) is 0 Å². The second-order valence-electron chi connectivity index (χ2n) is 3.08. The Bertz CT molecular complexity index is 70.8. The van der Waals surface area contributed by atoms with Gasteiger partial charge in [-0.3, -0.25) is 0 Å². The van der Waals surface area contributed by atoms with Gasteiger partial charge in [0, 0.05) is 0 Å². The lowest BCUT2D eigenvalue weighted by molar-refractivity contribution is 0.818. The topological polar surface area (TPSA) is 0 Å². The van der Waals surface area contributed by atoms with Crippen LogP contribution >= 0.6 is 0 Å². The van der Waals surface area contributed by atoms with E-state index in [4.69, 9.17) is 0 Å². The highest BCUT2D eigenvalue weighted by Gasteiger charge is 2.24. The molecule has 1 rings (SSSR count). The van der Waals surface area contributed by atoms with Crippen molar-refractivity contribution >= 4 is 6.71 Å². The summed E-state index contributed by atoms with van der Waals surface area (Å²) < 4.78 is 0. The van der Waals surface area contributed by atoms with Gasteiger partial charge in [0.25, 0.3) is 0 Å². The molecule has 1 fully saturated rings. The van der Waals surface area contributed by atoms with Crippen LogP contribution in [-0.4, -0.2) is 6.71 Å². The largest absolute Gasteiger partial charge is 0.142 e. The molecule has 1 saturated heterocycles. The Balaban J connectivity index is 2.30. The zero-order chi connectivity index (χ0) is 5.98. The summed E-state index contributed by atoms with van der Waals surface area (Å²) in [5, 5.41) is 0. The molecule has 8 heavy (non-hydrogen) atoms. The lowest BCUT2D eigenvalue weighted by atomic mass is 9.41. The van der Waals surface area contributed by atoms with Crippen molar-refractivity contribution in [3.8, 4) is 0 Å². The molecule has 1 aliphatic rings. The summed E-state index contributed by atoms with van der Waals surface area (Å²) in [5.74, 6) is 1.03. The highest BCUT2D eigenvalue weighted by molar-refractivity contribution is 6.61. The number of rotatable bonds is 1. The van der Waals surface area contributed by atoms with E-state index in [9.17, 15) is 0 Å². The third-order valence-corrected chi connectivity index (χ3v) is 2.56. The Morgan fingerprint density at radius 1 is 1.62 bits per heavy atom. The van der Waals surface area contributed by atoms with Crippen LogP contribution in [0.2, 0.25) is 18.5 Å². The molecule has 1 heterocycles. The fourth-order valence-electron chi connectivity index (χ4n) is 1.83. The summed E-state index contributed by atoms with van der Waals surface area (Å²) in [6.45, 7) is 5.77. The van der Waals surface area contributed by atoms with Gasteiger partial charge in [0.15, 0.2) is 0 Å². The summed E-state index contributed by atoms with van der Waals surface area (Å²) in [4.78, 5) is 0. The minimum absolute atomic E-state index is 1.03. The van der Waals surface area contributed by atoms with Crippen LogP contribution in [0.1, 0.15) is 26.7 Å². The minimum Gasteiger partial charge on any atom is -0.0768 e. The van der Waals surface area contributed by atoms with Crippen LogP contribution < -0.4 is 0 Å². The average Bonchev–Trinajstić information content (AvgIpc) is 2.14. The fraction of sp³-hybridized carbons (Fsp3) is 1.00. The van der Waals surface area contributed by atoms with Crippen molar-refractivity contribution in [3.05, 3.63) is 0 Å². The van der Waals surface area contributed by atoms with Gasteiger partial charge in [-0.1, -0.05) is 45.1 Å². The second kappa shape index (κ2) is 2.57. The fourth-order valence-corrected chi connectivity index (χ4v) is 1.83. The molecular formula is C7H15B. The molecule has 1 aliphatic heterocycles. The van der Waals surface area contributed by atoms with Crippen molar-refractivity contribution in [3.63, 3.8) is 0 Å². The number of hydrogen-bond acceptors (Lipinski definition) is 0. The molecule has 0 spiro atoms. The van der Waals surface area contributed by atoms with Crippen molar-refractivity contribution in [2.24, 2.45) is 0 Å². The van der Waals surface area contributed by atoms with Crippen molar-refractivity contribution in [1.29, 1.82) is 0 Å². The monoisotopic (exact) mass is 110 g/mol. The molecule has 1 heteroatoms. The molecule has 0 aromatic rings. The van der Waals surface area contributed by atoms with Crippen LogP contribution in [0.4, 0.5) is 0 Å². The highest BCUT2D eigenvalue weighted by atomic mass is 14.0. The standard InChI is InChI=1S/C7H15B/c1-3-8-6-4-5-7(8)2/h7H,3-6H2,1-2H3. The predicted molar refractivity (Wildman–Crippen MR) is 39.7 cm³/mol. The van der Waals surface area contributed by atoms with Crippen LogP contribution in [-0.2, 0) is 0 Å². The summed E-state index contributed by atoms with van der Waals surface area (Å²) in [5.41, 5.74) is 0. The van der Waals surface area contributed by atoms with E-state index >= 15 is 0 Å². The quantitative estimate of drug-likeness (QED) is 0.455. The summed E-state index contributed by atoms with van der Waals surface area (Å²) >= 11 is 0. The lowest BCUT2D eigenvalue weighted by Crippen LogP contribution is -2.08. The van der Waals surface area contributed by atoms with E-state index in [0.29, 0.717) is 0 Å². The molecule has 0 aliphatic carbocycles. The number of hydrogen-bond donors (Lipinski definition) is 0. The molecule has 46 valence electrons. The maximum atomic E-state index is 2.39. The molecule has 0 aromatic carbocycles. The van der Waals surface area contributed by atoms with Crippen LogP contribution in [0.3, 0.4) is 0 Å². The summed E-state index contributed by atoms with van der Waals surface area (Å²) in [6.07, 6.45) is 5.87. The van der Waals surface area contributed by atoms with Crippen molar-refractivity contribution in [1.82, 2.24) is 0 Å². The molecule has 1 atom stereocenters. The van der Waals surface area contributed by atoms with Gasteiger partial charge >= 0.3 is 0 Å². The SMILES string of the molecule is CCB1CCCC1C. The Labute approximate surface area is 52.7 Å². The van der Waals surface area contributed by atoms with Gasteiger partial charge < -0.3 is 0 Å². The first-order chi connectivity index (χ1) is 3.84. The van der Waals surface area contributed by atoms with Gasteiger partial charge in [-0.05, 0) is 0 Å². The molecule has 0 bridgehead atoms. The van der Waals surface area contributed by atoms with Crippen LogP contribution in [0, 0.1) is 0 Å². The van der Waals surface area contributed by atoms with Crippen molar-refractivity contribution in [2.75, 3.05) is 0 Å². The molecule has 0 N–H and O–H groups in total. The van der Waals surface area contributed by atoms with Crippen LogP contribution in [0.5, 0.6) is 0 Å². The predicted octanol–water partition coefficient (Wildman–Crippen LogP) is 2.69.